The predicted octanol–water partition coefficient (Wildman–Crippen LogP) is 3.26. The van der Waals surface area contributed by atoms with E-state index in [4.69, 9.17) is 0 Å². The monoisotopic (exact) mass is 329 g/mol. The van der Waals surface area contributed by atoms with Crippen molar-refractivity contribution in [2.24, 2.45) is 5.41 Å². The minimum Gasteiger partial charge on any atom is -0.359 e. The van der Waals surface area contributed by atoms with Crippen molar-refractivity contribution < 1.29 is 4.39 Å². The maximum atomic E-state index is 13.6. The van der Waals surface area contributed by atoms with Crippen molar-refractivity contribution in [3.05, 3.63) is 36.2 Å². The van der Waals surface area contributed by atoms with Crippen molar-refractivity contribution in [2.75, 3.05) is 5.32 Å². The number of tetrazole rings is 1. The number of H-pyrrole nitrogens is 1. The number of hydrogen-bond acceptors (Lipinski definition) is 6. The molecule has 0 spiro atoms. The normalized spacial score (nSPS) is 13.2. The van der Waals surface area contributed by atoms with E-state index in [1.807, 2.05) is 0 Å². The molecule has 0 saturated heterocycles. The fourth-order valence-electron chi connectivity index (χ4n) is 2.48. The maximum absolute atomic E-state index is 13.6. The van der Waals surface area contributed by atoms with Crippen molar-refractivity contribution in [3.63, 3.8) is 0 Å². The van der Waals surface area contributed by atoms with Gasteiger partial charge in [-0.25, -0.2) is 19.5 Å². The van der Waals surface area contributed by atoms with Gasteiger partial charge in [0, 0.05) is 5.39 Å². The molecule has 0 fully saturated rings. The Labute approximate surface area is 139 Å². The topological polar surface area (TPSA) is 92.3 Å². The second-order valence-corrected chi connectivity index (χ2v) is 6.97. The van der Waals surface area contributed by atoms with Crippen LogP contribution in [0.4, 0.5) is 10.2 Å². The maximum Gasteiger partial charge on any atom is 0.171 e. The van der Waals surface area contributed by atoms with E-state index in [2.05, 4.69) is 56.7 Å². The number of halogens is 1. The molecular weight excluding hydrogens is 309 g/mol. The summed E-state index contributed by atoms with van der Waals surface area (Å²) in [7, 11) is 0. The summed E-state index contributed by atoms with van der Waals surface area (Å²) in [6.07, 6.45) is 3.23. The Morgan fingerprint density at radius 2 is 2.08 bits per heavy atom. The molecule has 2 heterocycles. The Morgan fingerprint density at radius 1 is 1.25 bits per heavy atom. The van der Waals surface area contributed by atoms with Crippen LogP contribution in [0.15, 0.2) is 24.5 Å². The van der Waals surface area contributed by atoms with Gasteiger partial charge in [-0.2, -0.15) is 0 Å². The van der Waals surface area contributed by atoms with Crippen LogP contribution >= 0.6 is 0 Å². The summed E-state index contributed by atoms with van der Waals surface area (Å²) in [6, 6.07) is 4.30. The molecule has 0 aliphatic carbocycles. The van der Waals surface area contributed by atoms with E-state index in [-0.39, 0.29) is 17.3 Å². The van der Waals surface area contributed by atoms with E-state index >= 15 is 0 Å². The van der Waals surface area contributed by atoms with Gasteiger partial charge in [-0.15, -0.1) is 5.10 Å². The van der Waals surface area contributed by atoms with Crippen LogP contribution in [0.25, 0.3) is 10.9 Å². The van der Waals surface area contributed by atoms with Gasteiger partial charge in [0.05, 0.1) is 11.6 Å². The highest BCUT2D eigenvalue weighted by Gasteiger charge is 2.21. The van der Waals surface area contributed by atoms with Gasteiger partial charge in [0.1, 0.15) is 18.0 Å². The second kappa shape index (κ2) is 6.46. The molecular formula is C16H20FN7. The molecule has 1 unspecified atom stereocenters. The summed E-state index contributed by atoms with van der Waals surface area (Å²) in [5.74, 6) is 0.866. The first-order valence-electron chi connectivity index (χ1n) is 7.83. The minimum atomic E-state index is -0.326. The lowest BCUT2D eigenvalue weighted by atomic mass is 9.88. The number of hydrogen-bond donors (Lipinski definition) is 2. The molecule has 3 rings (SSSR count). The van der Waals surface area contributed by atoms with Crippen LogP contribution in [0.3, 0.4) is 0 Å². The molecule has 2 N–H and O–H groups in total. The third-order valence-electron chi connectivity index (χ3n) is 3.78. The molecule has 0 radical (unpaired) electrons. The zero-order valence-corrected chi connectivity index (χ0v) is 13.9. The summed E-state index contributed by atoms with van der Waals surface area (Å²) in [5, 5.41) is 18.1. The number of benzene rings is 1. The molecule has 0 bridgehead atoms. The molecule has 0 aliphatic heterocycles. The number of rotatable bonds is 5. The first-order valence-corrected chi connectivity index (χ1v) is 7.83. The number of nitrogens with zero attached hydrogens (tertiary/aromatic N) is 5. The molecule has 0 amide bonds. The SMILES string of the molecule is CC(C)(C)CCC(Nc1ncnc2ccc(F)cc12)c1nnn[nH]1. The number of aromatic nitrogens is 6. The van der Waals surface area contributed by atoms with Crippen molar-refractivity contribution in [1.82, 2.24) is 30.6 Å². The molecule has 7 nitrogen and oxygen atoms in total. The highest BCUT2D eigenvalue weighted by atomic mass is 19.1. The summed E-state index contributed by atoms with van der Waals surface area (Å²) in [4.78, 5) is 8.44. The minimum absolute atomic E-state index is 0.152. The molecule has 2 aromatic heterocycles. The van der Waals surface area contributed by atoms with Gasteiger partial charge in [-0.05, 0) is 46.9 Å². The summed E-state index contributed by atoms with van der Waals surface area (Å²) in [6.45, 7) is 6.54. The Bertz CT molecular complexity index is 811. The summed E-state index contributed by atoms with van der Waals surface area (Å²) >= 11 is 0. The Kier molecular flexibility index (Phi) is 4.37. The summed E-state index contributed by atoms with van der Waals surface area (Å²) < 4.78 is 13.6. The van der Waals surface area contributed by atoms with Crippen LogP contribution in [0, 0.1) is 11.2 Å². The molecule has 1 atom stereocenters. The number of aromatic amines is 1. The molecule has 126 valence electrons. The van der Waals surface area contributed by atoms with E-state index in [1.165, 1.54) is 18.5 Å². The molecule has 1 aromatic carbocycles. The van der Waals surface area contributed by atoms with Gasteiger partial charge >= 0.3 is 0 Å². The molecule has 0 saturated carbocycles. The lowest BCUT2D eigenvalue weighted by Gasteiger charge is -2.23. The first kappa shape index (κ1) is 16.2. The quantitative estimate of drug-likeness (QED) is 0.746. The second-order valence-electron chi connectivity index (χ2n) is 6.97. The summed E-state index contributed by atoms with van der Waals surface area (Å²) in [5.41, 5.74) is 0.854. The highest BCUT2D eigenvalue weighted by molar-refractivity contribution is 5.88. The van der Waals surface area contributed by atoms with Gasteiger partial charge in [0.25, 0.3) is 0 Å². The van der Waals surface area contributed by atoms with E-state index in [1.54, 1.807) is 6.07 Å². The largest absolute Gasteiger partial charge is 0.359 e. The predicted molar refractivity (Wildman–Crippen MR) is 88.7 cm³/mol. The van der Waals surface area contributed by atoms with E-state index in [9.17, 15) is 4.39 Å². The average molecular weight is 329 g/mol. The smallest absolute Gasteiger partial charge is 0.171 e. The first-order chi connectivity index (χ1) is 11.4. The van der Waals surface area contributed by atoms with Crippen LogP contribution in [0.5, 0.6) is 0 Å². The van der Waals surface area contributed by atoms with E-state index < -0.39 is 0 Å². The standard InChI is InChI=1S/C16H20FN7/c1-16(2,3)7-6-13(15-21-23-24-22-15)20-14-11-8-10(17)4-5-12(11)18-9-19-14/h4-5,8-9,13H,6-7H2,1-3H3,(H,18,19,20)(H,21,22,23,24). The van der Waals surface area contributed by atoms with Gasteiger partial charge in [0.15, 0.2) is 5.82 Å². The number of nitrogens with one attached hydrogen (secondary N) is 2. The van der Waals surface area contributed by atoms with Gasteiger partial charge < -0.3 is 5.32 Å². The fourth-order valence-corrected chi connectivity index (χ4v) is 2.48. The number of anilines is 1. The van der Waals surface area contributed by atoms with Crippen LogP contribution in [-0.2, 0) is 0 Å². The van der Waals surface area contributed by atoms with Gasteiger partial charge in [-0.3, -0.25) is 0 Å². The zero-order valence-electron chi connectivity index (χ0n) is 13.9. The van der Waals surface area contributed by atoms with Crippen LogP contribution in [0.2, 0.25) is 0 Å². The third kappa shape index (κ3) is 3.81. The average Bonchev–Trinajstić information content (AvgIpc) is 3.05. The van der Waals surface area contributed by atoms with E-state index in [0.29, 0.717) is 22.5 Å². The lowest BCUT2D eigenvalue weighted by Crippen LogP contribution is -2.17. The fraction of sp³-hybridized carbons (Fsp3) is 0.438. The number of fused-ring (bicyclic) bond motifs is 1. The molecule has 0 aliphatic rings. The van der Waals surface area contributed by atoms with Crippen molar-refractivity contribution >= 4 is 16.7 Å². The highest BCUT2D eigenvalue weighted by Crippen LogP contribution is 2.30. The Balaban J connectivity index is 1.91. The van der Waals surface area contributed by atoms with Crippen LogP contribution < -0.4 is 5.32 Å². The van der Waals surface area contributed by atoms with Crippen molar-refractivity contribution in [2.45, 2.75) is 39.7 Å². The van der Waals surface area contributed by atoms with Gasteiger partial charge in [-0.1, -0.05) is 20.8 Å². The van der Waals surface area contributed by atoms with Crippen LogP contribution in [0.1, 0.15) is 45.5 Å². The van der Waals surface area contributed by atoms with Crippen LogP contribution in [-0.4, -0.2) is 30.6 Å². The Morgan fingerprint density at radius 3 is 2.79 bits per heavy atom. The van der Waals surface area contributed by atoms with E-state index in [0.717, 1.165) is 12.8 Å². The Hall–Kier alpha value is -2.64. The molecule has 3 aromatic rings. The lowest BCUT2D eigenvalue weighted by molar-refractivity contribution is 0.352. The molecule has 24 heavy (non-hydrogen) atoms. The van der Waals surface area contributed by atoms with Crippen molar-refractivity contribution in [1.29, 1.82) is 0 Å². The van der Waals surface area contributed by atoms with Gasteiger partial charge in [0.2, 0.25) is 0 Å². The zero-order chi connectivity index (χ0) is 17.2. The van der Waals surface area contributed by atoms with Crippen molar-refractivity contribution in [3.8, 4) is 0 Å². The third-order valence-corrected chi connectivity index (χ3v) is 3.78. The molecule has 8 heteroatoms.